The smallest absolute Gasteiger partial charge is 0.292 e. The summed E-state index contributed by atoms with van der Waals surface area (Å²) in [7, 11) is 16.6. The number of rotatable bonds is 26. The van der Waals surface area contributed by atoms with E-state index >= 15 is 0 Å². The third kappa shape index (κ3) is 15.7. The van der Waals surface area contributed by atoms with Gasteiger partial charge in [-0.05, 0) is 57.7 Å². The van der Waals surface area contributed by atoms with Crippen molar-refractivity contribution in [3.63, 3.8) is 0 Å². The van der Waals surface area contributed by atoms with Crippen LogP contribution in [0.3, 0.4) is 0 Å². The van der Waals surface area contributed by atoms with E-state index in [0.717, 1.165) is 13.0 Å². The first kappa shape index (κ1) is 64.5. The first-order valence-electron chi connectivity index (χ1n) is 28.0. The highest BCUT2D eigenvalue weighted by molar-refractivity contribution is 6.11. The Balaban J connectivity index is 0.758. The van der Waals surface area contributed by atoms with Crippen molar-refractivity contribution in [2.24, 2.45) is 56.4 Å². The van der Waals surface area contributed by atoms with E-state index in [1.54, 1.807) is 60.9 Å². The molecule has 33 heteroatoms. The Morgan fingerprint density at radius 2 is 0.867 bits per heavy atom. The molecular weight excluding hydrogens is 1170 g/mol. The first-order chi connectivity index (χ1) is 42.7. The third-order valence-corrected chi connectivity index (χ3v) is 13.9. The Labute approximate surface area is 514 Å². The van der Waals surface area contributed by atoms with Crippen LogP contribution in [0, 0.1) is 0 Å². The van der Waals surface area contributed by atoms with Gasteiger partial charge in [-0.2, -0.15) is 0 Å². The Kier molecular flexibility index (Phi) is 20.0. The lowest BCUT2D eigenvalue weighted by atomic mass is 10.3. The normalized spacial score (nSPS) is 11.1. The van der Waals surface area contributed by atoms with Gasteiger partial charge in [-0.1, -0.05) is 0 Å². The summed E-state index contributed by atoms with van der Waals surface area (Å²) in [6.45, 7) is 1.58. The molecule has 0 aliphatic heterocycles. The molecule has 0 unspecified atom stereocenters. The number of nitrogens with zero attached hydrogens (tertiary/aromatic N) is 12. The number of amides is 10. The first-order valence-corrected chi connectivity index (χ1v) is 28.0. The Bertz CT molecular complexity index is 4080. The second-order valence-electron chi connectivity index (χ2n) is 21.4. The maximum atomic E-state index is 13.6. The molecule has 10 amide bonds. The topological polar surface area (TPSA) is 393 Å². The van der Waals surface area contributed by atoms with Gasteiger partial charge in [0, 0.05) is 145 Å². The maximum Gasteiger partial charge on any atom is 0.292 e. The summed E-state index contributed by atoms with van der Waals surface area (Å²) in [6.07, 6.45) is 14.5. The summed E-state index contributed by atoms with van der Waals surface area (Å²) in [5, 5.41) is 38.1. The van der Waals surface area contributed by atoms with Crippen molar-refractivity contribution in [2.45, 2.75) is 25.7 Å². The summed E-state index contributed by atoms with van der Waals surface area (Å²) >= 11 is 0. The van der Waals surface area contributed by atoms with E-state index in [1.165, 1.54) is 112 Å². The minimum absolute atomic E-state index is 0.0121. The SMILES string of the molecule is CN(C)CCCNC(=O)CCNC(=O)c1cc(NC(=O)c2cc(NC(=O)c3c(O)c(NC(=O)c4nc(NC(=O)CCCNC(=O)c5cc(NC(=O)c6cc(NC(=O)c7nc(NC(=O)c8nccn8C)cn7C)cn6C)cn5C)cn4C)cn3C)cn2C)cn1C. The van der Waals surface area contributed by atoms with Crippen LogP contribution in [-0.4, -0.2) is 161 Å². The number of anilines is 7. The molecule has 8 aromatic rings. The van der Waals surface area contributed by atoms with Crippen molar-refractivity contribution >= 4 is 99.1 Å². The zero-order valence-corrected chi connectivity index (χ0v) is 51.1. The van der Waals surface area contributed by atoms with Crippen molar-refractivity contribution in [1.29, 1.82) is 0 Å². The highest BCUT2D eigenvalue weighted by Crippen LogP contribution is 2.31. The molecule has 0 radical (unpaired) electrons. The second kappa shape index (κ2) is 27.9. The molecular formula is C57H70N22O11. The summed E-state index contributed by atoms with van der Waals surface area (Å²) in [5.41, 5.74) is 1.53. The predicted molar refractivity (Wildman–Crippen MR) is 329 cm³/mol. The van der Waals surface area contributed by atoms with Crippen molar-refractivity contribution in [3.8, 4) is 5.75 Å². The van der Waals surface area contributed by atoms with Crippen LogP contribution in [-0.2, 0) is 66.0 Å². The van der Waals surface area contributed by atoms with Crippen LogP contribution in [0.1, 0.15) is 110 Å². The number of aromatic nitrogens is 11. The monoisotopic (exact) mass is 1240 g/mol. The van der Waals surface area contributed by atoms with Crippen molar-refractivity contribution in [3.05, 3.63) is 126 Å². The van der Waals surface area contributed by atoms with Crippen molar-refractivity contribution in [2.75, 3.05) is 77.5 Å². The molecule has 0 saturated carbocycles. The van der Waals surface area contributed by atoms with Gasteiger partial charge in [0.2, 0.25) is 23.5 Å². The maximum absolute atomic E-state index is 13.6. The highest BCUT2D eigenvalue weighted by Gasteiger charge is 2.26. The Morgan fingerprint density at radius 1 is 0.422 bits per heavy atom. The highest BCUT2D eigenvalue weighted by atomic mass is 16.3. The van der Waals surface area contributed by atoms with Gasteiger partial charge in [-0.25, -0.2) is 15.0 Å². The van der Waals surface area contributed by atoms with Gasteiger partial charge in [0.25, 0.3) is 47.3 Å². The predicted octanol–water partition coefficient (Wildman–Crippen LogP) is 2.14. The molecule has 8 heterocycles. The molecule has 0 aromatic carbocycles. The molecule has 0 aliphatic rings. The van der Waals surface area contributed by atoms with Crippen LogP contribution in [0.4, 0.5) is 40.1 Å². The van der Waals surface area contributed by atoms with Crippen molar-refractivity contribution < 1.29 is 53.1 Å². The number of aromatic hydroxyl groups is 1. The quantitative estimate of drug-likeness (QED) is 0.0346. The van der Waals surface area contributed by atoms with E-state index in [4.69, 9.17) is 0 Å². The number of imidazole rings is 3. The van der Waals surface area contributed by atoms with Gasteiger partial charge in [0.05, 0.1) is 22.7 Å². The number of hydrogen-bond donors (Lipinski definition) is 11. The van der Waals surface area contributed by atoms with Crippen molar-refractivity contribution in [1.82, 2.24) is 72.3 Å². The molecule has 8 rings (SSSR count). The summed E-state index contributed by atoms with van der Waals surface area (Å²) in [6, 6.07) is 5.84. The summed E-state index contributed by atoms with van der Waals surface area (Å²) in [5.74, 6) is -5.73. The lowest BCUT2D eigenvalue weighted by Crippen LogP contribution is -2.32. The van der Waals surface area contributed by atoms with Crippen LogP contribution in [0.15, 0.2) is 80.0 Å². The molecule has 0 spiro atoms. The van der Waals surface area contributed by atoms with Gasteiger partial charge in [-0.3, -0.25) is 47.9 Å². The molecule has 33 nitrogen and oxygen atoms in total. The molecule has 0 bridgehead atoms. The molecule has 90 heavy (non-hydrogen) atoms. The fourth-order valence-corrected chi connectivity index (χ4v) is 9.42. The molecule has 0 atom stereocenters. The van der Waals surface area contributed by atoms with E-state index in [1.807, 2.05) is 19.0 Å². The number of carbonyl (C=O) groups excluding carboxylic acids is 10. The fraction of sp³-hybridized carbons (Fsp3) is 0.316. The summed E-state index contributed by atoms with van der Waals surface area (Å²) in [4.78, 5) is 145. The van der Waals surface area contributed by atoms with Crippen LogP contribution < -0.4 is 53.2 Å². The zero-order chi connectivity index (χ0) is 65.2. The number of nitrogens with one attached hydrogen (secondary N) is 10. The van der Waals surface area contributed by atoms with E-state index in [2.05, 4.69) is 68.1 Å². The zero-order valence-electron chi connectivity index (χ0n) is 51.1. The van der Waals surface area contributed by atoms with E-state index in [0.29, 0.717) is 23.6 Å². The standard InChI is InChI=1S/C57H70N22O11/c1-71(2)19-12-16-58-43(80)14-17-61-51(84)38-22-33(26-74(38)5)63-52(85)39-23-34(27-75(39)6)64-54(87)45-46(82)36(29-77(45)8)66-57(90)49-68-41(30-78(49)9)67-44(81)13-11-15-60-50(83)37-21-32(25-73(37)4)62-53(86)40-24-35(28-76(40)7)65-56(89)48-69-42(31-79(48)10)70-55(88)47-59-18-20-72(47)3/h18,20-31,82H,11-17,19H2,1-10H3,(H,58,80)(H,60,83)(H,61,84)(H,62,86)(H,63,85)(H,64,87)(H,65,89)(H,66,90)(H,67,81)(H,70,88). The van der Waals surface area contributed by atoms with Gasteiger partial charge >= 0.3 is 0 Å². The third-order valence-electron chi connectivity index (χ3n) is 13.9. The number of hydrogen-bond acceptors (Lipinski definition) is 15. The minimum Gasteiger partial charge on any atom is -0.504 e. The van der Waals surface area contributed by atoms with Crippen LogP contribution in [0.5, 0.6) is 5.75 Å². The fourth-order valence-electron chi connectivity index (χ4n) is 9.42. The molecule has 8 aromatic heterocycles. The molecule has 11 N–H and O–H groups in total. The van der Waals surface area contributed by atoms with Crippen LogP contribution in [0.2, 0.25) is 0 Å². The number of carbonyl (C=O) groups is 10. The lowest BCUT2D eigenvalue weighted by molar-refractivity contribution is -0.121. The van der Waals surface area contributed by atoms with Gasteiger partial charge < -0.3 is 99.7 Å². The van der Waals surface area contributed by atoms with E-state index in [-0.39, 0.29) is 107 Å². The van der Waals surface area contributed by atoms with Gasteiger partial charge in [0.1, 0.15) is 28.5 Å². The average Bonchev–Trinajstić information content (AvgIpc) is 2.03. The van der Waals surface area contributed by atoms with Gasteiger partial charge in [0.15, 0.2) is 28.9 Å². The van der Waals surface area contributed by atoms with E-state index < -0.39 is 58.9 Å². The molecule has 0 fully saturated rings. The molecule has 0 aliphatic carbocycles. The summed E-state index contributed by atoms with van der Waals surface area (Å²) < 4.78 is 11.6. The van der Waals surface area contributed by atoms with Gasteiger partial charge in [-0.15, -0.1) is 0 Å². The lowest BCUT2D eigenvalue weighted by Gasteiger charge is -2.10. The minimum atomic E-state index is -0.785. The van der Waals surface area contributed by atoms with E-state index in [9.17, 15) is 53.1 Å². The second-order valence-corrected chi connectivity index (χ2v) is 21.4. The van der Waals surface area contributed by atoms with Crippen LogP contribution in [0.25, 0.3) is 0 Å². The van der Waals surface area contributed by atoms with Crippen LogP contribution >= 0.6 is 0 Å². The Morgan fingerprint density at radius 3 is 1.37 bits per heavy atom. The largest absolute Gasteiger partial charge is 0.504 e. The average molecular weight is 1240 g/mol. The Hall–Kier alpha value is -11.5. The molecule has 474 valence electrons. The molecule has 0 saturated heterocycles. The number of aryl methyl sites for hydroxylation is 8.